The maximum absolute atomic E-state index is 4.89. The zero-order valence-corrected chi connectivity index (χ0v) is 21.9. The fourth-order valence-electron chi connectivity index (χ4n) is 4.40. The standard InChI is InChI=1S/C34H24N2Se/c1-5-17-29-25(11-1)15-9-19-31(29)35-23-27-13-3-7-21-33(27)37-34-22-8-4-14-28(34)24-36-32-20-10-16-26-12-2-6-18-30(26)32/h1-24H. The van der Waals surface area contributed by atoms with E-state index < -0.39 is 0 Å². The van der Waals surface area contributed by atoms with Crippen LogP contribution in [0.3, 0.4) is 0 Å². The first kappa shape index (κ1) is 23.1. The molecule has 0 aliphatic rings. The van der Waals surface area contributed by atoms with Crippen molar-refractivity contribution >= 4 is 69.2 Å². The molecule has 0 aromatic heterocycles. The summed E-state index contributed by atoms with van der Waals surface area (Å²) in [5.41, 5.74) is 4.28. The molecule has 6 rings (SSSR count). The minimum absolute atomic E-state index is 0.0999. The summed E-state index contributed by atoms with van der Waals surface area (Å²) in [6, 6.07) is 46.4. The van der Waals surface area contributed by atoms with Gasteiger partial charge >= 0.3 is 224 Å². The van der Waals surface area contributed by atoms with Gasteiger partial charge in [0, 0.05) is 0 Å². The van der Waals surface area contributed by atoms with E-state index in [0.29, 0.717) is 0 Å². The third kappa shape index (κ3) is 5.15. The Morgan fingerprint density at radius 3 is 1.32 bits per heavy atom. The Labute approximate surface area is 223 Å². The molecular weight excluding hydrogens is 515 g/mol. The molecule has 0 aliphatic carbocycles. The molecule has 0 fully saturated rings. The summed E-state index contributed by atoms with van der Waals surface area (Å²) in [6.07, 6.45) is 4.01. The Bertz CT molecular complexity index is 1630. The quantitative estimate of drug-likeness (QED) is 0.159. The number of rotatable bonds is 6. The second-order valence-electron chi connectivity index (χ2n) is 8.69. The summed E-state index contributed by atoms with van der Waals surface area (Å²) >= 11 is 0.0999. The SMILES string of the molecule is C(=Nc1cccc2ccccc12)c1ccccc1[Se]c1ccccc1C=Nc1cccc2ccccc12. The first-order valence-corrected chi connectivity index (χ1v) is 14.0. The summed E-state index contributed by atoms with van der Waals surface area (Å²) in [7, 11) is 0. The Morgan fingerprint density at radius 1 is 0.405 bits per heavy atom. The van der Waals surface area contributed by atoms with E-state index >= 15 is 0 Å². The first-order chi connectivity index (χ1) is 18.3. The van der Waals surface area contributed by atoms with Gasteiger partial charge in [-0.25, -0.2) is 0 Å². The monoisotopic (exact) mass is 540 g/mol. The van der Waals surface area contributed by atoms with Crippen molar-refractivity contribution in [1.29, 1.82) is 0 Å². The molecule has 0 N–H and O–H groups in total. The van der Waals surface area contributed by atoms with Crippen LogP contribution in [-0.4, -0.2) is 27.4 Å². The van der Waals surface area contributed by atoms with Crippen molar-refractivity contribution in [1.82, 2.24) is 0 Å². The molecule has 0 saturated carbocycles. The molecule has 0 bridgehead atoms. The van der Waals surface area contributed by atoms with Crippen LogP contribution in [0.15, 0.2) is 143 Å². The zero-order chi connectivity index (χ0) is 24.9. The molecule has 0 heterocycles. The van der Waals surface area contributed by atoms with Crippen molar-refractivity contribution in [2.45, 2.75) is 0 Å². The van der Waals surface area contributed by atoms with E-state index in [2.05, 4.69) is 133 Å². The molecule has 0 saturated heterocycles. The number of benzene rings is 6. The van der Waals surface area contributed by atoms with E-state index in [9.17, 15) is 0 Å². The molecule has 0 radical (unpaired) electrons. The van der Waals surface area contributed by atoms with Crippen LogP contribution in [0.25, 0.3) is 21.5 Å². The number of hydrogen-bond acceptors (Lipinski definition) is 2. The fraction of sp³-hybridized carbons (Fsp3) is 0. The summed E-state index contributed by atoms with van der Waals surface area (Å²) < 4.78 is 2.59. The van der Waals surface area contributed by atoms with Gasteiger partial charge in [-0.15, -0.1) is 0 Å². The molecule has 0 aliphatic heterocycles. The predicted molar refractivity (Wildman–Crippen MR) is 160 cm³/mol. The van der Waals surface area contributed by atoms with Crippen molar-refractivity contribution in [2.24, 2.45) is 9.98 Å². The topological polar surface area (TPSA) is 24.7 Å². The van der Waals surface area contributed by atoms with Gasteiger partial charge in [-0.2, -0.15) is 0 Å². The average Bonchev–Trinajstić information content (AvgIpc) is 2.96. The molecule has 0 unspecified atom stereocenters. The Balaban J connectivity index is 1.30. The normalized spacial score (nSPS) is 11.7. The van der Waals surface area contributed by atoms with Crippen LogP contribution < -0.4 is 8.92 Å². The van der Waals surface area contributed by atoms with Crippen molar-refractivity contribution in [3.05, 3.63) is 145 Å². The van der Waals surface area contributed by atoms with Gasteiger partial charge in [0.25, 0.3) is 0 Å². The predicted octanol–water partition coefficient (Wildman–Crippen LogP) is 7.15. The molecule has 0 amide bonds. The van der Waals surface area contributed by atoms with Gasteiger partial charge in [-0.1, -0.05) is 0 Å². The average molecular weight is 540 g/mol. The van der Waals surface area contributed by atoms with Crippen LogP contribution >= 0.6 is 0 Å². The van der Waals surface area contributed by atoms with Crippen LogP contribution in [0.4, 0.5) is 11.4 Å². The minimum atomic E-state index is 0.0999. The molecule has 2 nitrogen and oxygen atoms in total. The number of fused-ring (bicyclic) bond motifs is 2. The van der Waals surface area contributed by atoms with Crippen molar-refractivity contribution in [2.75, 3.05) is 0 Å². The van der Waals surface area contributed by atoms with E-state index in [1.165, 1.54) is 30.5 Å². The summed E-state index contributed by atoms with van der Waals surface area (Å²) in [5, 5.41) is 4.74. The third-order valence-corrected chi connectivity index (χ3v) is 8.76. The van der Waals surface area contributed by atoms with Crippen LogP contribution in [0.1, 0.15) is 11.1 Å². The van der Waals surface area contributed by atoms with Crippen LogP contribution in [0.5, 0.6) is 0 Å². The van der Waals surface area contributed by atoms with Gasteiger partial charge < -0.3 is 0 Å². The summed E-state index contributed by atoms with van der Waals surface area (Å²) in [4.78, 5) is 9.79. The van der Waals surface area contributed by atoms with E-state index in [0.717, 1.165) is 22.5 Å². The van der Waals surface area contributed by atoms with Gasteiger partial charge in [-0.3, -0.25) is 0 Å². The van der Waals surface area contributed by atoms with Crippen LogP contribution in [-0.2, 0) is 0 Å². The second-order valence-corrected chi connectivity index (χ2v) is 11.0. The van der Waals surface area contributed by atoms with Gasteiger partial charge in [0.2, 0.25) is 0 Å². The molecule has 6 aromatic carbocycles. The maximum atomic E-state index is 4.89. The second kappa shape index (κ2) is 10.8. The van der Waals surface area contributed by atoms with E-state index in [-0.39, 0.29) is 15.0 Å². The Kier molecular flexibility index (Phi) is 6.72. The van der Waals surface area contributed by atoms with E-state index in [4.69, 9.17) is 9.98 Å². The molecular formula is C34H24N2Se. The first-order valence-electron chi connectivity index (χ1n) is 12.2. The molecule has 0 atom stereocenters. The van der Waals surface area contributed by atoms with Gasteiger partial charge in [-0.05, 0) is 0 Å². The van der Waals surface area contributed by atoms with Crippen LogP contribution in [0, 0.1) is 0 Å². The van der Waals surface area contributed by atoms with Crippen molar-refractivity contribution in [3.63, 3.8) is 0 Å². The van der Waals surface area contributed by atoms with Crippen molar-refractivity contribution in [3.8, 4) is 0 Å². The number of hydrogen-bond donors (Lipinski definition) is 0. The van der Waals surface area contributed by atoms with Gasteiger partial charge in [0.05, 0.1) is 0 Å². The number of nitrogens with zero attached hydrogens (tertiary/aromatic N) is 2. The number of aliphatic imine (C=N–C) groups is 2. The summed E-state index contributed by atoms with van der Waals surface area (Å²) in [5.74, 6) is 0. The van der Waals surface area contributed by atoms with E-state index in [1.807, 2.05) is 12.4 Å². The van der Waals surface area contributed by atoms with Crippen LogP contribution in [0.2, 0.25) is 0 Å². The van der Waals surface area contributed by atoms with E-state index in [1.54, 1.807) is 0 Å². The third-order valence-electron chi connectivity index (χ3n) is 6.28. The van der Waals surface area contributed by atoms with Gasteiger partial charge in [0.1, 0.15) is 0 Å². The van der Waals surface area contributed by atoms with Crippen molar-refractivity contribution < 1.29 is 0 Å². The summed E-state index contributed by atoms with van der Waals surface area (Å²) in [6.45, 7) is 0. The Hall–Kier alpha value is -4.30. The zero-order valence-electron chi connectivity index (χ0n) is 20.2. The molecule has 6 aromatic rings. The molecule has 3 heteroatoms. The molecule has 176 valence electrons. The molecule has 0 spiro atoms. The molecule has 37 heavy (non-hydrogen) atoms. The van der Waals surface area contributed by atoms with Gasteiger partial charge in [0.15, 0.2) is 0 Å². The fourth-order valence-corrected chi connectivity index (χ4v) is 6.51. The Morgan fingerprint density at radius 2 is 0.811 bits per heavy atom.